The third-order valence-electron chi connectivity index (χ3n) is 3.51. The van der Waals surface area contributed by atoms with Crippen molar-refractivity contribution in [1.29, 1.82) is 0 Å². The lowest BCUT2D eigenvalue weighted by Gasteiger charge is -2.36. The lowest BCUT2D eigenvalue weighted by molar-refractivity contribution is -0.198. The van der Waals surface area contributed by atoms with Crippen molar-refractivity contribution in [3.63, 3.8) is 0 Å². The van der Waals surface area contributed by atoms with E-state index in [-0.39, 0.29) is 24.9 Å². The number of amides is 2. The molecule has 0 saturated heterocycles. The van der Waals surface area contributed by atoms with Gasteiger partial charge >= 0.3 is 18.8 Å². The summed E-state index contributed by atoms with van der Waals surface area (Å²) in [6.07, 6.45) is -3.69. The van der Waals surface area contributed by atoms with E-state index in [0.717, 1.165) is 12.3 Å². The van der Waals surface area contributed by atoms with Crippen molar-refractivity contribution in [1.82, 2.24) is 15.6 Å². The molecule has 1 aliphatic carbocycles. The number of urea groups is 1. The van der Waals surface area contributed by atoms with Gasteiger partial charge in [0.1, 0.15) is 0 Å². The largest absolute Gasteiger partial charge is 0.414 e. The molecule has 0 aliphatic heterocycles. The van der Waals surface area contributed by atoms with E-state index in [1.165, 1.54) is 0 Å². The number of hydrogen-bond donors (Lipinski definition) is 2. The topological polar surface area (TPSA) is 63.2 Å². The van der Waals surface area contributed by atoms with Crippen LogP contribution in [0.1, 0.15) is 18.4 Å². The van der Waals surface area contributed by atoms with Gasteiger partial charge < -0.3 is 15.4 Å². The molecule has 134 valence electrons. The minimum Gasteiger partial charge on any atom is -0.414 e. The van der Waals surface area contributed by atoms with Crippen LogP contribution in [-0.2, 0) is 6.54 Å². The Morgan fingerprint density at radius 2 is 2.04 bits per heavy atom. The van der Waals surface area contributed by atoms with Gasteiger partial charge in [0.05, 0.1) is 5.92 Å². The number of carbonyl (C=O) groups excluding carboxylic acids is 1. The predicted octanol–water partition coefficient (Wildman–Crippen LogP) is 2.96. The first-order chi connectivity index (χ1) is 11.2. The van der Waals surface area contributed by atoms with Crippen LogP contribution in [0.5, 0.6) is 5.88 Å². The van der Waals surface area contributed by atoms with Gasteiger partial charge in [-0.3, -0.25) is 0 Å². The monoisotopic (exact) mass is 357 g/mol. The summed E-state index contributed by atoms with van der Waals surface area (Å²) in [4.78, 5) is 14.9. The van der Waals surface area contributed by atoms with Gasteiger partial charge in [0, 0.05) is 24.3 Å². The molecule has 24 heavy (non-hydrogen) atoms. The highest BCUT2D eigenvalue weighted by Crippen LogP contribution is 2.40. The van der Waals surface area contributed by atoms with Crippen molar-refractivity contribution in [2.75, 3.05) is 0 Å². The van der Waals surface area contributed by atoms with Gasteiger partial charge in [-0.1, -0.05) is 0 Å². The van der Waals surface area contributed by atoms with Crippen molar-refractivity contribution in [2.24, 2.45) is 5.92 Å². The van der Waals surface area contributed by atoms with Gasteiger partial charge in [-0.25, -0.2) is 14.2 Å². The summed E-state index contributed by atoms with van der Waals surface area (Å²) in [5.74, 6) is -3.50. The molecule has 0 unspecified atom stereocenters. The van der Waals surface area contributed by atoms with Crippen LogP contribution in [0.4, 0.5) is 31.1 Å². The second-order valence-electron chi connectivity index (χ2n) is 5.20. The molecule has 1 aromatic rings. The number of carbonyl (C=O) groups is 1. The van der Waals surface area contributed by atoms with E-state index in [2.05, 4.69) is 20.4 Å². The number of ether oxygens (including phenoxy) is 1. The third kappa shape index (κ3) is 4.65. The Morgan fingerprint density at radius 1 is 1.38 bits per heavy atom. The van der Waals surface area contributed by atoms with Crippen LogP contribution >= 0.6 is 0 Å². The van der Waals surface area contributed by atoms with E-state index in [9.17, 15) is 31.1 Å². The highest BCUT2D eigenvalue weighted by molar-refractivity contribution is 5.74. The average molecular weight is 357 g/mol. The summed E-state index contributed by atoms with van der Waals surface area (Å²) >= 11 is 0. The fourth-order valence-electron chi connectivity index (χ4n) is 2.18. The molecular formula is C13H13F6N3O2. The molecule has 1 aliphatic rings. The van der Waals surface area contributed by atoms with Crippen molar-refractivity contribution in [3.8, 4) is 5.88 Å². The molecule has 0 atom stereocenters. The van der Waals surface area contributed by atoms with Gasteiger partial charge in [-0.2, -0.15) is 22.0 Å². The van der Waals surface area contributed by atoms with Gasteiger partial charge in [0.2, 0.25) is 0 Å². The first-order valence-corrected chi connectivity index (χ1v) is 6.86. The fraction of sp³-hybridized carbons (Fsp3) is 0.538. The first-order valence-electron chi connectivity index (χ1n) is 6.86. The van der Waals surface area contributed by atoms with Gasteiger partial charge in [0.25, 0.3) is 5.88 Å². The summed E-state index contributed by atoms with van der Waals surface area (Å²) in [6.45, 7) is -3.62. The molecule has 5 nitrogen and oxygen atoms in total. The lowest BCUT2D eigenvalue weighted by Crippen LogP contribution is -2.51. The minimum atomic E-state index is -4.28. The lowest BCUT2D eigenvalue weighted by atomic mass is 9.80. The van der Waals surface area contributed by atoms with Gasteiger partial charge in [-0.15, -0.1) is 0 Å². The number of halogens is 6. The zero-order chi connectivity index (χ0) is 17.9. The van der Waals surface area contributed by atoms with Gasteiger partial charge in [-0.05, 0) is 18.9 Å². The predicted molar refractivity (Wildman–Crippen MR) is 68.8 cm³/mol. The van der Waals surface area contributed by atoms with Crippen molar-refractivity contribution in [2.45, 2.75) is 38.2 Å². The second kappa shape index (κ2) is 7.14. The molecule has 1 saturated carbocycles. The van der Waals surface area contributed by atoms with Crippen molar-refractivity contribution in [3.05, 3.63) is 23.6 Å². The zero-order valence-electron chi connectivity index (χ0n) is 12.0. The van der Waals surface area contributed by atoms with E-state index in [0.29, 0.717) is 0 Å². The standard InChI is InChI=1S/C13H13F6N3O2/c14-9-6(1-2-20-10(9)24-11(15)16)5-21-12(23)22-8-3-7(4-8)13(17,18)19/h1-2,7-8,11H,3-5H2,(H2,21,22,23). The second-order valence-corrected chi connectivity index (χ2v) is 5.20. The summed E-state index contributed by atoms with van der Waals surface area (Å²) in [5, 5.41) is 4.55. The Bertz CT molecular complexity index is 590. The van der Waals surface area contributed by atoms with Crippen LogP contribution in [0.25, 0.3) is 0 Å². The maximum Gasteiger partial charge on any atom is 0.391 e. The Morgan fingerprint density at radius 3 is 2.62 bits per heavy atom. The number of alkyl halides is 5. The third-order valence-corrected chi connectivity index (χ3v) is 3.51. The molecule has 1 heterocycles. The highest BCUT2D eigenvalue weighted by atomic mass is 19.4. The molecule has 0 radical (unpaired) electrons. The van der Waals surface area contributed by atoms with Crippen LogP contribution in [0.2, 0.25) is 0 Å². The van der Waals surface area contributed by atoms with Crippen LogP contribution in [0.3, 0.4) is 0 Å². The average Bonchev–Trinajstić information content (AvgIpc) is 2.41. The van der Waals surface area contributed by atoms with E-state index >= 15 is 0 Å². The number of aromatic nitrogens is 1. The number of nitrogens with one attached hydrogen (secondary N) is 2. The Hall–Kier alpha value is -2.20. The van der Waals surface area contributed by atoms with Crippen LogP contribution < -0.4 is 15.4 Å². The molecule has 0 aromatic carbocycles. The molecule has 2 N–H and O–H groups in total. The molecule has 2 amide bonds. The Labute approximate surface area is 132 Å². The molecule has 11 heteroatoms. The summed E-state index contributed by atoms with van der Waals surface area (Å²) < 4.78 is 78.7. The van der Waals surface area contributed by atoms with E-state index in [4.69, 9.17) is 0 Å². The van der Waals surface area contributed by atoms with Gasteiger partial charge in [0.15, 0.2) is 5.82 Å². The first kappa shape index (κ1) is 18.1. The van der Waals surface area contributed by atoms with E-state index in [1.807, 2.05) is 0 Å². The Balaban J connectivity index is 1.81. The maximum absolute atomic E-state index is 13.8. The number of pyridine rings is 1. The zero-order valence-corrected chi connectivity index (χ0v) is 12.0. The van der Waals surface area contributed by atoms with Crippen molar-refractivity contribution < 1.29 is 35.9 Å². The molecule has 0 bridgehead atoms. The molecule has 0 spiro atoms. The van der Waals surface area contributed by atoms with Crippen LogP contribution in [0.15, 0.2) is 12.3 Å². The number of hydrogen-bond acceptors (Lipinski definition) is 3. The number of rotatable bonds is 5. The molecular weight excluding hydrogens is 344 g/mol. The molecule has 2 rings (SSSR count). The molecule has 1 fully saturated rings. The summed E-state index contributed by atoms with van der Waals surface area (Å²) in [7, 11) is 0. The number of nitrogens with zero attached hydrogens (tertiary/aromatic N) is 1. The van der Waals surface area contributed by atoms with Crippen LogP contribution in [0, 0.1) is 11.7 Å². The molecule has 1 aromatic heterocycles. The summed E-state index contributed by atoms with van der Waals surface area (Å²) in [6, 6.07) is -0.249. The smallest absolute Gasteiger partial charge is 0.391 e. The Kier molecular flexibility index (Phi) is 5.40. The van der Waals surface area contributed by atoms with Crippen LogP contribution in [-0.4, -0.2) is 29.8 Å². The highest BCUT2D eigenvalue weighted by Gasteiger charge is 2.48. The fourth-order valence-corrected chi connectivity index (χ4v) is 2.18. The van der Waals surface area contributed by atoms with Crippen molar-refractivity contribution >= 4 is 6.03 Å². The SMILES string of the molecule is O=C(NCc1ccnc(OC(F)F)c1F)NC1CC(C(F)(F)F)C1. The minimum absolute atomic E-state index is 0.155. The maximum atomic E-state index is 13.8. The van der Waals surface area contributed by atoms with E-state index < -0.39 is 42.5 Å². The normalized spacial score (nSPS) is 20.5. The van der Waals surface area contributed by atoms with E-state index in [1.54, 1.807) is 0 Å². The summed E-state index contributed by atoms with van der Waals surface area (Å²) in [5.41, 5.74) is -0.155. The quantitative estimate of drug-likeness (QED) is 0.797.